The van der Waals surface area contributed by atoms with Gasteiger partial charge in [0.25, 0.3) is 5.91 Å². The van der Waals surface area contributed by atoms with E-state index in [9.17, 15) is 14.4 Å². The van der Waals surface area contributed by atoms with Crippen LogP contribution in [-0.4, -0.2) is 27.4 Å². The first-order valence-corrected chi connectivity index (χ1v) is 8.70. The van der Waals surface area contributed by atoms with Crippen molar-refractivity contribution in [1.82, 2.24) is 4.98 Å². The molecule has 2 aromatic rings. The Hall–Kier alpha value is -1.97. The zero-order chi connectivity index (χ0) is 17.9. The number of thiazole rings is 1. The highest BCUT2D eigenvalue weighted by Gasteiger charge is 2.23. The van der Waals surface area contributed by atoms with Crippen LogP contribution in [0.1, 0.15) is 26.8 Å². The van der Waals surface area contributed by atoms with E-state index in [1.807, 2.05) is 0 Å². The second-order valence-electron chi connectivity index (χ2n) is 4.78. The lowest BCUT2D eigenvalue weighted by Crippen LogP contribution is -2.25. The predicted molar refractivity (Wildman–Crippen MR) is 99.5 cm³/mol. The molecule has 9 heteroatoms. The Kier molecular flexibility index (Phi) is 5.92. The number of thiocarbonyl (C=S) groups is 1. The number of aryl methyl sites for hydroxylation is 1. The summed E-state index contributed by atoms with van der Waals surface area (Å²) in [6.07, 6.45) is -0.540. The number of ketones is 2. The first-order valence-electron chi connectivity index (χ1n) is 6.68. The summed E-state index contributed by atoms with van der Waals surface area (Å²) in [7, 11) is 0. The van der Waals surface area contributed by atoms with Crippen LogP contribution in [0.2, 0.25) is 0 Å². The Morgan fingerprint density at radius 2 is 1.92 bits per heavy atom. The van der Waals surface area contributed by atoms with Gasteiger partial charge in [0.05, 0.1) is 17.0 Å². The SMILES string of the molecule is Cc1nc(C(N)=S)sc1C(=O)CC(=O)C(=O)Nc1ccc(Br)cc1. The summed E-state index contributed by atoms with van der Waals surface area (Å²) in [6, 6.07) is 6.73. The van der Waals surface area contributed by atoms with E-state index >= 15 is 0 Å². The summed E-state index contributed by atoms with van der Waals surface area (Å²) in [5.74, 6) is -2.15. The Labute approximate surface area is 155 Å². The summed E-state index contributed by atoms with van der Waals surface area (Å²) < 4.78 is 0.844. The fraction of sp³-hybridized carbons (Fsp3) is 0.133. The largest absolute Gasteiger partial charge is 0.387 e. The fourth-order valence-corrected chi connectivity index (χ4v) is 3.09. The van der Waals surface area contributed by atoms with E-state index in [1.54, 1.807) is 31.2 Å². The van der Waals surface area contributed by atoms with Gasteiger partial charge in [-0.25, -0.2) is 4.98 Å². The van der Waals surface area contributed by atoms with Gasteiger partial charge in [-0.3, -0.25) is 14.4 Å². The molecule has 0 fully saturated rings. The van der Waals surface area contributed by atoms with Crippen LogP contribution in [0, 0.1) is 6.92 Å². The minimum atomic E-state index is -0.845. The number of Topliss-reactive ketones (excluding diaryl/α,β-unsaturated/α-hetero) is 2. The molecule has 6 nitrogen and oxygen atoms in total. The first kappa shape index (κ1) is 18.4. The van der Waals surface area contributed by atoms with Crippen molar-refractivity contribution in [1.29, 1.82) is 0 Å². The first-order chi connectivity index (χ1) is 11.3. The van der Waals surface area contributed by atoms with Gasteiger partial charge in [-0.15, -0.1) is 11.3 Å². The second-order valence-corrected chi connectivity index (χ2v) is 7.14. The maximum absolute atomic E-state index is 12.2. The number of hydrogen-bond donors (Lipinski definition) is 2. The van der Waals surface area contributed by atoms with E-state index in [2.05, 4.69) is 26.2 Å². The molecule has 3 N–H and O–H groups in total. The number of carbonyl (C=O) groups is 3. The van der Waals surface area contributed by atoms with Gasteiger partial charge in [0.2, 0.25) is 5.78 Å². The Morgan fingerprint density at radius 3 is 2.46 bits per heavy atom. The molecule has 0 atom stereocenters. The lowest BCUT2D eigenvalue weighted by atomic mass is 10.1. The molecule has 0 radical (unpaired) electrons. The van der Waals surface area contributed by atoms with Crippen molar-refractivity contribution in [2.45, 2.75) is 13.3 Å². The van der Waals surface area contributed by atoms with Gasteiger partial charge in [0.15, 0.2) is 10.8 Å². The molecule has 124 valence electrons. The third-order valence-corrected chi connectivity index (χ3v) is 5.02. The summed E-state index contributed by atoms with van der Waals surface area (Å²) >= 11 is 9.10. The summed E-state index contributed by atoms with van der Waals surface area (Å²) in [5, 5.41) is 2.81. The van der Waals surface area contributed by atoms with Gasteiger partial charge >= 0.3 is 0 Å². The summed E-state index contributed by atoms with van der Waals surface area (Å²) in [5.41, 5.74) is 6.38. The van der Waals surface area contributed by atoms with Crippen molar-refractivity contribution in [3.8, 4) is 0 Å². The van der Waals surface area contributed by atoms with Crippen LogP contribution >= 0.6 is 39.5 Å². The van der Waals surface area contributed by atoms with E-state index in [1.165, 1.54) is 0 Å². The number of carbonyl (C=O) groups excluding carboxylic acids is 3. The number of benzene rings is 1. The van der Waals surface area contributed by atoms with Crippen LogP contribution in [0.3, 0.4) is 0 Å². The highest BCUT2D eigenvalue weighted by Crippen LogP contribution is 2.20. The van der Waals surface area contributed by atoms with E-state index < -0.39 is 23.9 Å². The zero-order valence-corrected chi connectivity index (χ0v) is 15.7. The molecular formula is C15H12BrN3O3S2. The van der Waals surface area contributed by atoms with Crippen molar-refractivity contribution in [3.63, 3.8) is 0 Å². The third kappa shape index (κ3) is 4.53. The molecule has 0 spiro atoms. The molecule has 0 bridgehead atoms. The Balaban J connectivity index is 2.03. The van der Waals surface area contributed by atoms with E-state index in [0.717, 1.165) is 15.8 Å². The normalized spacial score (nSPS) is 10.2. The van der Waals surface area contributed by atoms with Crippen molar-refractivity contribution >= 4 is 67.6 Å². The van der Waals surface area contributed by atoms with Crippen LogP contribution in [-0.2, 0) is 9.59 Å². The molecule has 0 saturated carbocycles. The molecule has 0 aliphatic rings. The summed E-state index contributed by atoms with van der Waals surface area (Å²) in [6.45, 7) is 1.62. The lowest BCUT2D eigenvalue weighted by Gasteiger charge is -2.04. The maximum atomic E-state index is 12.2. The van der Waals surface area contributed by atoms with Gasteiger partial charge in [-0.1, -0.05) is 28.1 Å². The molecular weight excluding hydrogens is 414 g/mol. The number of halogens is 1. The van der Waals surface area contributed by atoms with Crippen molar-refractivity contribution in [3.05, 3.63) is 44.3 Å². The molecule has 0 aliphatic carbocycles. The molecule has 1 aromatic carbocycles. The van der Waals surface area contributed by atoms with Crippen LogP contribution in [0.4, 0.5) is 5.69 Å². The standard InChI is InChI=1S/C15H12BrN3O3S2/c1-7-12(24-15(18-7)13(17)23)10(20)6-11(21)14(22)19-9-4-2-8(16)3-5-9/h2-5H,6H2,1H3,(H2,17,23)(H,19,22). The van der Waals surface area contributed by atoms with Gasteiger partial charge in [-0.05, 0) is 31.2 Å². The Bertz CT molecular complexity index is 831. The van der Waals surface area contributed by atoms with Gasteiger partial charge in [0.1, 0.15) is 4.99 Å². The molecule has 24 heavy (non-hydrogen) atoms. The number of aromatic nitrogens is 1. The average molecular weight is 426 g/mol. The molecule has 0 unspecified atom stereocenters. The van der Waals surface area contributed by atoms with Crippen molar-refractivity contribution in [2.75, 3.05) is 5.32 Å². The number of nitrogens with one attached hydrogen (secondary N) is 1. The number of amides is 1. The number of hydrogen-bond acceptors (Lipinski definition) is 6. The maximum Gasteiger partial charge on any atom is 0.292 e. The predicted octanol–water partition coefficient (Wildman–Crippen LogP) is 2.63. The van der Waals surface area contributed by atoms with Crippen LogP contribution < -0.4 is 11.1 Å². The van der Waals surface area contributed by atoms with Gasteiger partial charge < -0.3 is 11.1 Å². The number of nitrogens with two attached hydrogens (primary N) is 1. The van der Waals surface area contributed by atoms with Crippen molar-refractivity contribution < 1.29 is 14.4 Å². The number of nitrogens with zero attached hydrogens (tertiary/aromatic N) is 1. The quantitative estimate of drug-likeness (QED) is 0.319. The van der Waals surface area contributed by atoms with E-state index in [4.69, 9.17) is 18.0 Å². The van der Waals surface area contributed by atoms with E-state index in [-0.39, 0.29) is 9.87 Å². The summed E-state index contributed by atoms with van der Waals surface area (Å²) in [4.78, 5) is 40.5. The average Bonchev–Trinajstić information content (AvgIpc) is 2.91. The molecule has 1 aromatic heterocycles. The number of rotatable bonds is 6. The molecule has 0 aliphatic heterocycles. The van der Waals surface area contributed by atoms with Gasteiger partial charge in [-0.2, -0.15) is 0 Å². The smallest absolute Gasteiger partial charge is 0.292 e. The minimum Gasteiger partial charge on any atom is -0.387 e. The van der Waals surface area contributed by atoms with Crippen LogP contribution in [0.25, 0.3) is 0 Å². The van der Waals surface area contributed by atoms with Gasteiger partial charge in [0, 0.05) is 10.2 Å². The van der Waals surface area contributed by atoms with Crippen molar-refractivity contribution in [2.24, 2.45) is 5.73 Å². The molecule has 1 amide bonds. The lowest BCUT2D eigenvalue weighted by molar-refractivity contribution is -0.134. The monoisotopic (exact) mass is 425 g/mol. The highest BCUT2D eigenvalue weighted by molar-refractivity contribution is 9.10. The molecule has 0 saturated heterocycles. The zero-order valence-electron chi connectivity index (χ0n) is 12.5. The minimum absolute atomic E-state index is 0.0847. The van der Waals surface area contributed by atoms with E-state index in [0.29, 0.717) is 16.4 Å². The van der Waals surface area contributed by atoms with Crippen LogP contribution in [0.5, 0.6) is 0 Å². The Morgan fingerprint density at radius 1 is 1.29 bits per heavy atom. The topological polar surface area (TPSA) is 102 Å². The highest BCUT2D eigenvalue weighted by atomic mass is 79.9. The molecule has 1 heterocycles. The third-order valence-electron chi connectivity index (χ3n) is 2.94. The number of anilines is 1. The second kappa shape index (κ2) is 7.73. The molecule has 2 rings (SSSR count). The fourth-order valence-electron chi connectivity index (χ4n) is 1.80. The van der Waals surface area contributed by atoms with Crippen LogP contribution in [0.15, 0.2) is 28.7 Å².